The monoisotopic (exact) mass is 353 g/mol. The second kappa shape index (κ2) is 7.28. The zero-order valence-electron chi connectivity index (χ0n) is 16.2. The first-order valence-electron chi connectivity index (χ1n) is 8.79. The van der Waals surface area contributed by atoms with Crippen LogP contribution in [0, 0.1) is 0 Å². The van der Waals surface area contributed by atoms with Crippen LogP contribution in [0.25, 0.3) is 11.3 Å². The van der Waals surface area contributed by atoms with Crippen molar-refractivity contribution in [2.45, 2.75) is 32.7 Å². The first kappa shape index (κ1) is 18.1. The van der Waals surface area contributed by atoms with Gasteiger partial charge in [0.15, 0.2) is 11.5 Å². The Morgan fingerprint density at radius 1 is 1.12 bits per heavy atom. The van der Waals surface area contributed by atoms with E-state index in [1.807, 2.05) is 18.5 Å². The van der Waals surface area contributed by atoms with Gasteiger partial charge in [-0.3, -0.25) is 0 Å². The minimum absolute atomic E-state index is 0.129. The van der Waals surface area contributed by atoms with Gasteiger partial charge in [0.05, 0.1) is 33.1 Å². The molecule has 0 amide bonds. The molecule has 0 atom stereocenters. The highest BCUT2D eigenvalue weighted by molar-refractivity contribution is 5.64. The summed E-state index contributed by atoms with van der Waals surface area (Å²) < 4.78 is 11.1. The van der Waals surface area contributed by atoms with Crippen molar-refractivity contribution in [3.05, 3.63) is 54.0 Å². The SMILES string of the molecule is COc1cc(-c2ccc(C(C)(C)C)cc2)nc(CN2C=CNC2)c1OC. The Balaban J connectivity index is 1.99. The number of benzene rings is 1. The zero-order valence-corrected chi connectivity index (χ0v) is 16.2. The third-order valence-corrected chi connectivity index (χ3v) is 4.53. The van der Waals surface area contributed by atoms with Gasteiger partial charge in [-0.1, -0.05) is 45.0 Å². The average Bonchev–Trinajstić information content (AvgIpc) is 3.13. The van der Waals surface area contributed by atoms with Crippen molar-refractivity contribution in [2.75, 3.05) is 20.9 Å². The molecule has 138 valence electrons. The van der Waals surface area contributed by atoms with Crippen molar-refractivity contribution in [3.8, 4) is 22.8 Å². The number of rotatable bonds is 5. The van der Waals surface area contributed by atoms with Crippen LogP contribution < -0.4 is 14.8 Å². The Morgan fingerprint density at radius 2 is 1.85 bits per heavy atom. The summed E-state index contributed by atoms with van der Waals surface area (Å²) in [5.41, 5.74) is 4.24. The van der Waals surface area contributed by atoms with Crippen LogP contribution in [0.5, 0.6) is 11.5 Å². The molecule has 1 aliphatic heterocycles. The molecule has 2 aromatic rings. The van der Waals surface area contributed by atoms with E-state index in [1.54, 1.807) is 14.2 Å². The summed E-state index contributed by atoms with van der Waals surface area (Å²) in [7, 11) is 3.31. The maximum Gasteiger partial charge on any atom is 0.184 e. The van der Waals surface area contributed by atoms with E-state index in [0.29, 0.717) is 18.0 Å². The van der Waals surface area contributed by atoms with Crippen LogP contribution in [0.3, 0.4) is 0 Å². The van der Waals surface area contributed by atoms with Gasteiger partial charge in [0.1, 0.15) is 5.69 Å². The maximum atomic E-state index is 5.57. The molecule has 0 aliphatic carbocycles. The van der Waals surface area contributed by atoms with Crippen LogP contribution in [0.2, 0.25) is 0 Å². The fraction of sp³-hybridized carbons (Fsp3) is 0.381. The predicted molar refractivity (Wildman–Crippen MR) is 104 cm³/mol. The van der Waals surface area contributed by atoms with Crippen LogP contribution in [0.1, 0.15) is 32.0 Å². The third kappa shape index (κ3) is 3.77. The van der Waals surface area contributed by atoms with Gasteiger partial charge < -0.3 is 19.7 Å². The van der Waals surface area contributed by atoms with Crippen molar-refractivity contribution in [1.82, 2.24) is 15.2 Å². The number of pyridine rings is 1. The summed E-state index contributed by atoms with van der Waals surface area (Å²) in [5, 5.41) is 3.17. The quantitative estimate of drug-likeness (QED) is 0.883. The smallest absolute Gasteiger partial charge is 0.184 e. The fourth-order valence-corrected chi connectivity index (χ4v) is 3.01. The topological polar surface area (TPSA) is 46.6 Å². The third-order valence-electron chi connectivity index (χ3n) is 4.53. The Bertz CT molecular complexity index is 792. The number of hydrogen-bond acceptors (Lipinski definition) is 5. The fourth-order valence-electron chi connectivity index (χ4n) is 3.01. The van der Waals surface area contributed by atoms with E-state index in [0.717, 1.165) is 23.6 Å². The second-order valence-corrected chi connectivity index (χ2v) is 7.44. The van der Waals surface area contributed by atoms with E-state index < -0.39 is 0 Å². The molecule has 1 N–H and O–H groups in total. The molecule has 0 bridgehead atoms. The first-order chi connectivity index (χ1) is 12.4. The number of nitrogens with zero attached hydrogens (tertiary/aromatic N) is 2. The maximum absolute atomic E-state index is 5.57. The molecule has 0 radical (unpaired) electrons. The lowest BCUT2D eigenvalue weighted by atomic mass is 9.86. The van der Waals surface area contributed by atoms with Gasteiger partial charge in [-0.15, -0.1) is 0 Å². The van der Waals surface area contributed by atoms with Crippen LogP contribution in [-0.4, -0.2) is 30.8 Å². The highest BCUT2D eigenvalue weighted by Gasteiger charge is 2.18. The number of ether oxygens (including phenoxy) is 2. The molecule has 0 unspecified atom stereocenters. The molecule has 0 spiro atoms. The molecular weight excluding hydrogens is 326 g/mol. The van der Waals surface area contributed by atoms with E-state index >= 15 is 0 Å². The lowest BCUT2D eigenvalue weighted by Gasteiger charge is -2.20. The molecule has 0 fully saturated rings. The van der Waals surface area contributed by atoms with Crippen molar-refractivity contribution >= 4 is 0 Å². The molecule has 26 heavy (non-hydrogen) atoms. The van der Waals surface area contributed by atoms with E-state index in [2.05, 4.69) is 55.3 Å². The Morgan fingerprint density at radius 3 is 2.38 bits per heavy atom. The normalized spacial score (nSPS) is 13.7. The average molecular weight is 353 g/mol. The lowest BCUT2D eigenvalue weighted by Crippen LogP contribution is -2.21. The van der Waals surface area contributed by atoms with Crippen molar-refractivity contribution in [3.63, 3.8) is 0 Å². The predicted octanol–water partition coefficient (Wildman–Crippen LogP) is 3.90. The highest BCUT2D eigenvalue weighted by Crippen LogP contribution is 2.35. The molecule has 1 aromatic carbocycles. The Labute approximate surface area is 155 Å². The standard InChI is InChI=1S/C21H27N3O2/c1-21(2,3)16-8-6-15(7-9-16)17-12-19(25-4)20(26-5)18(23-17)13-24-11-10-22-14-24/h6-12,22H,13-14H2,1-5H3. The van der Waals surface area contributed by atoms with Gasteiger partial charge in [0.2, 0.25) is 0 Å². The summed E-state index contributed by atoms with van der Waals surface area (Å²) in [5.74, 6) is 1.38. The lowest BCUT2D eigenvalue weighted by molar-refractivity contribution is 0.331. The molecule has 3 rings (SSSR count). The van der Waals surface area contributed by atoms with Gasteiger partial charge in [0.25, 0.3) is 0 Å². The summed E-state index contributed by atoms with van der Waals surface area (Å²) in [4.78, 5) is 7.01. The summed E-state index contributed by atoms with van der Waals surface area (Å²) >= 11 is 0. The van der Waals surface area contributed by atoms with Crippen LogP contribution in [0.15, 0.2) is 42.7 Å². The zero-order chi connectivity index (χ0) is 18.7. The minimum atomic E-state index is 0.129. The first-order valence-corrected chi connectivity index (χ1v) is 8.79. The van der Waals surface area contributed by atoms with E-state index in [9.17, 15) is 0 Å². The van der Waals surface area contributed by atoms with E-state index in [1.165, 1.54) is 5.56 Å². The Hall–Kier alpha value is -2.69. The molecule has 2 heterocycles. The van der Waals surface area contributed by atoms with Gasteiger partial charge in [-0.25, -0.2) is 4.98 Å². The molecule has 0 saturated heterocycles. The summed E-state index contributed by atoms with van der Waals surface area (Å²) in [6.07, 6.45) is 3.94. The minimum Gasteiger partial charge on any atom is -0.493 e. The van der Waals surface area contributed by atoms with Gasteiger partial charge in [0, 0.05) is 24.0 Å². The molecule has 1 aromatic heterocycles. The van der Waals surface area contributed by atoms with Crippen LogP contribution >= 0.6 is 0 Å². The van der Waals surface area contributed by atoms with E-state index in [4.69, 9.17) is 14.5 Å². The summed E-state index contributed by atoms with van der Waals surface area (Å²) in [6.45, 7) is 8.06. The largest absolute Gasteiger partial charge is 0.493 e. The second-order valence-electron chi connectivity index (χ2n) is 7.44. The van der Waals surface area contributed by atoms with Crippen molar-refractivity contribution in [2.24, 2.45) is 0 Å². The summed E-state index contributed by atoms with van der Waals surface area (Å²) in [6, 6.07) is 10.5. The van der Waals surface area contributed by atoms with Gasteiger partial charge >= 0.3 is 0 Å². The van der Waals surface area contributed by atoms with Crippen molar-refractivity contribution < 1.29 is 9.47 Å². The molecular formula is C21H27N3O2. The number of aromatic nitrogens is 1. The molecule has 1 aliphatic rings. The van der Waals surface area contributed by atoms with E-state index in [-0.39, 0.29) is 5.41 Å². The molecule has 0 saturated carbocycles. The van der Waals surface area contributed by atoms with Crippen molar-refractivity contribution in [1.29, 1.82) is 0 Å². The molecule has 5 nitrogen and oxygen atoms in total. The number of methoxy groups -OCH3 is 2. The highest BCUT2D eigenvalue weighted by atomic mass is 16.5. The van der Waals surface area contributed by atoms with Gasteiger partial charge in [-0.05, 0) is 11.0 Å². The number of hydrogen-bond donors (Lipinski definition) is 1. The Kier molecular flexibility index (Phi) is 5.07. The number of nitrogens with one attached hydrogen (secondary N) is 1. The van der Waals surface area contributed by atoms with Crippen LogP contribution in [0.4, 0.5) is 0 Å². The van der Waals surface area contributed by atoms with Gasteiger partial charge in [-0.2, -0.15) is 0 Å². The van der Waals surface area contributed by atoms with Crippen LogP contribution in [-0.2, 0) is 12.0 Å². The molecule has 5 heteroatoms.